The molecule has 0 saturated carbocycles. The summed E-state index contributed by atoms with van der Waals surface area (Å²) >= 11 is 0. The molecule has 0 bridgehead atoms. The molecule has 0 unspecified atom stereocenters. The Morgan fingerprint density at radius 3 is 2.74 bits per heavy atom. The summed E-state index contributed by atoms with van der Waals surface area (Å²) in [6, 6.07) is 5.66. The van der Waals surface area contributed by atoms with Crippen LogP contribution in [-0.2, 0) is 15.7 Å². The number of fused-ring (bicyclic) bond motifs is 3. The van der Waals surface area contributed by atoms with Gasteiger partial charge in [0.2, 0.25) is 5.91 Å². The largest absolute Gasteiger partial charge is 0.433 e. The molecule has 0 radical (unpaired) electrons. The van der Waals surface area contributed by atoms with E-state index in [2.05, 4.69) is 20.3 Å². The van der Waals surface area contributed by atoms with Crippen LogP contribution in [0, 0.1) is 12.8 Å². The zero-order valence-electron chi connectivity index (χ0n) is 20.9. The smallest absolute Gasteiger partial charge is 0.381 e. The second-order valence-corrected chi connectivity index (χ2v) is 9.39. The van der Waals surface area contributed by atoms with Gasteiger partial charge in [-0.2, -0.15) is 13.2 Å². The number of aryl methyl sites for hydroxylation is 1. The van der Waals surface area contributed by atoms with Crippen LogP contribution < -0.4 is 10.2 Å². The average molecular weight is 526 g/mol. The monoisotopic (exact) mass is 525 g/mol. The fourth-order valence-electron chi connectivity index (χ4n) is 5.10. The maximum atomic E-state index is 13.1. The second-order valence-electron chi connectivity index (χ2n) is 9.39. The summed E-state index contributed by atoms with van der Waals surface area (Å²) in [6.45, 7) is 5.21. The number of hydrogen-bond donors (Lipinski definition) is 1. The molecular formula is C27H26F3N5O3. The summed E-state index contributed by atoms with van der Waals surface area (Å²) in [5, 5.41) is 2.63. The Kier molecular flexibility index (Phi) is 6.87. The van der Waals surface area contributed by atoms with Gasteiger partial charge in [0.15, 0.2) is 0 Å². The molecule has 198 valence electrons. The predicted octanol–water partition coefficient (Wildman–Crippen LogP) is 4.99. The van der Waals surface area contributed by atoms with E-state index >= 15 is 0 Å². The lowest BCUT2D eigenvalue weighted by atomic mass is 9.79. The van der Waals surface area contributed by atoms with Gasteiger partial charge in [0.05, 0.1) is 24.4 Å². The Morgan fingerprint density at radius 1 is 1.16 bits per heavy atom. The molecule has 2 atom stereocenters. The van der Waals surface area contributed by atoms with E-state index < -0.39 is 17.8 Å². The van der Waals surface area contributed by atoms with Gasteiger partial charge in [-0.15, -0.1) is 0 Å². The number of hydrogen-bond acceptors (Lipinski definition) is 6. The molecule has 5 rings (SSSR count). The zero-order chi connectivity index (χ0) is 27.0. The molecule has 2 aliphatic rings. The van der Waals surface area contributed by atoms with Gasteiger partial charge in [0.1, 0.15) is 11.5 Å². The van der Waals surface area contributed by atoms with Crippen LogP contribution in [0.5, 0.6) is 0 Å². The van der Waals surface area contributed by atoms with Crippen molar-refractivity contribution in [3.63, 3.8) is 0 Å². The first kappa shape index (κ1) is 25.8. The summed E-state index contributed by atoms with van der Waals surface area (Å²) in [6.07, 6.45) is 1.07. The molecule has 2 amide bonds. The highest BCUT2D eigenvalue weighted by Crippen LogP contribution is 2.44. The highest BCUT2D eigenvalue weighted by molar-refractivity contribution is 6.04. The first-order valence-corrected chi connectivity index (χ1v) is 12.4. The van der Waals surface area contributed by atoms with Crippen LogP contribution in [0.1, 0.15) is 53.0 Å². The topological polar surface area (TPSA) is 97.3 Å². The van der Waals surface area contributed by atoms with Crippen LogP contribution in [0.4, 0.5) is 24.7 Å². The van der Waals surface area contributed by atoms with Gasteiger partial charge in [-0.1, -0.05) is 0 Å². The Labute approximate surface area is 217 Å². The van der Waals surface area contributed by atoms with Crippen molar-refractivity contribution in [1.82, 2.24) is 15.0 Å². The number of carbonyl (C=O) groups excluding carboxylic acids is 2. The lowest BCUT2D eigenvalue weighted by Gasteiger charge is -2.37. The quantitative estimate of drug-likeness (QED) is 0.515. The van der Waals surface area contributed by atoms with E-state index in [-0.39, 0.29) is 23.3 Å². The van der Waals surface area contributed by atoms with Crippen LogP contribution in [0.15, 0.2) is 42.9 Å². The number of nitrogens with zero attached hydrogens (tertiary/aromatic N) is 4. The van der Waals surface area contributed by atoms with Crippen LogP contribution in [-0.4, -0.2) is 46.5 Å². The van der Waals surface area contributed by atoms with Crippen molar-refractivity contribution in [2.45, 2.75) is 38.8 Å². The van der Waals surface area contributed by atoms with Crippen molar-refractivity contribution in [2.24, 2.45) is 5.92 Å². The van der Waals surface area contributed by atoms with Gasteiger partial charge < -0.3 is 10.1 Å². The van der Waals surface area contributed by atoms with Gasteiger partial charge >= 0.3 is 6.18 Å². The lowest BCUT2D eigenvalue weighted by Crippen LogP contribution is -2.45. The van der Waals surface area contributed by atoms with Crippen molar-refractivity contribution < 1.29 is 27.5 Å². The predicted molar refractivity (Wildman–Crippen MR) is 134 cm³/mol. The molecular weight excluding hydrogens is 499 g/mol. The third kappa shape index (κ3) is 4.85. The molecule has 11 heteroatoms. The van der Waals surface area contributed by atoms with Crippen LogP contribution in [0.3, 0.4) is 0 Å². The number of anilines is 2. The van der Waals surface area contributed by atoms with E-state index in [4.69, 9.17) is 4.74 Å². The zero-order valence-corrected chi connectivity index (χ0v) is 20.9. The minimum absolute atomic E-state index is 0.0130. The van der Waals surface area contributed by atoms with E-state index in [1.165, 1.54) is 12.3 Å². The van der Waals surface area contributed by atoms with Gasteiger partial charge in [-0.25, -0.2) is 4.98 Å². The van der Waals surface area contributed by atoms with Crippen LogP contribution in [0.25, 0.3) is 11.1 Å². The summed E-state index contributed by atoms with van der Waals surface area (Å²) in [5.41, 5.74) is 2.15. The molecule has 8 nitrogen and oxygen atoms in total. The molecule has 1 fully saturated rings. The number of rotatable bonds is 4. The van der Waals surface area contributed by atoms with E-state index in [0.717, 1.165) is 30.2 Å². The number of ether oxygens (including phenoxy) is 1. The average Bonchev–Trinajstić information content (AvgIpc) is 3.16. The molecule has 1 saturated heterocycles. The molecule has 38 heavy (non-hydrogen) atoms. The Balaban J connectivity index is 1.48. The SMILES string of the molecule is CCN1C(=O)[C@@H]2COCCC[C@H]2c2cc(-c3cc(NC(=O)c4ccnc(C(F)(F)F)c4)cnc3C)cnc21. The fourth-order valence-corrected chi connectivity index (χ4v) is 5.10. The minimum atomic E-state index is -4.66. The molecule has 0 spiro atoms. The number of aromatic nitrogens is 3. The molecule has 1 N–H and O–H groups in total. The first-order chi connectivity index (χ1) is 18.2. The van der Waals surface area contributed by atoms with E-state index in [9.17, 15) is 22.8 Å². The Hall–Kier alpha value is -3.86. The third-order valence-electron chi connectivity index (χ3n) is 7.00. The summed E-state index contributed by atoms with van der Waals surface area (Å²) in [7, 11) is 0. The highest BCUT2D eigenvalue weighted by Gasteiger charge is 2.41. The third-order valence-corrected chi connectivity index (χ3v) is 7.00. The van der Waals surface area contributed by atoms with Crippen molar-refractivity contribution in [2.75, 3.05) is 30.0 Å². The molecule has 3 aromatic heterocycles. The molecule has 3 aromatic rings. The summed E-state index contributed by atoms with van der Waals surface area (Å²) < 4.78 is 44.8. The lowest BCUT2D eigenvalue weighted by molar-refractivity contribution is -0.141. The van der Waals surface area contributed by atoms with Gasteiger partial charge in [0.25, 0.3) is 5.91 Å². The molecule has 0 aliphatic carbocycles. The van der Waals surface area contributed by atoms with Gasteiger partial charge in [-0.05, 0) is 56.5 Å². The van der Waals surface area contributed by atoms with Gasteiger partial charge in [0, 0.05) is 53.8 Å². The summed E-state index contributed by atoms with van der Waals surface area (Å²) in [5.74, 6) is -0.316. The van der Waals surface area contributed by atoms with E-state index in [1.807, 2.05) is 19.9 Å². The summed E-state index contributed by atoms with van der Waals surface area (Å²) in [4.78, 5) is 39.9. The fraction of sp³-hybridized carbons (Fsp3) is 0.370. The van der Waals surface area contributed by atoms with Crippen LogP contribution in [0.2, 0.25) is 0 Å². The number of pyridine rings is 3. The van der Waals surface area contributed by atoms with Crippen LogP contribution >= 0.6 is 0 Å². The first-order valence-electron chi connectivity index (χ1n) is 12.4. The second kappa shape index (κ2) is 10.1. The van der Waals surface area contributed by atoms with Crippen molar-refractivity contribution in [3.05, 3.63) is 65.4 Å². The Morgan fingerprint density at radius 2 is 1.97 bits per heavy atom. The van der Waals surface area contributed by atoms with E-state index in [0.29, 0.717) is 48.6 Å². The van der Waals surface area contributed by atoms with Crippen molar-refractivity contribution in [3.8, 4) is 11.1 Å². The number of alkyl halides is 3. The standard InChI is InChI=1S/C27H26F3N5O3/c1-3-35-24-21(19-5-4-8-38-14-22(19)26(35)37)9-17(12-33-24)20-11-18(13-32-15(20)2)34-25(36)16-6-7-31-23(10-16)27(28,29)30/h6-7,9-13,19,22H,3-5,8,14H2,1-2H3,(H,34,36)/t19-,22+/m0/s1. The number of carbonyl (C=O) groups is 2. The van der Waals surface area contributed by atoms with Crippen molar-refractivity contribution in [1.29, 1.82) is 0 Å². The number of amides is 2. The maximum Gasteiger partial charge on any atom is 0.433 e. The van der Waals surface area contributed by atoms with Gasteiger partial charge in [-0.3, -0.25) is 24.5 Å². The highest BCUT2D eigenvalue weighted by atomic mass is 19.4. The van der Waals surface area contributed by atoms with Crippen molar-refractivity contribution >= 4 is 23.3 Å². The number of halogens is 3. The minimum Gasteiger partial charge on any atom is -0.381 e. The molecule has 0 aromatic carbocycles. The number of nitrogens with one attached hydrogen (secondary N) is 1. The van der Waals surface area contributed by atoms with E-state index in [1.54, 1.807) is 17.2 Å². The molecule has 2 aliphatic heterocycles. The molecule has 5 heterocycles. The maximum absolute atomic E-state index is 13.1. The Bertz CT molecular complexity index is 1390. The normalized spacial score (nSPS) is 19.4.